The average Bonchev–Trinajstić information content (AvgIpc) is 2.74. The first kappa shape index (κ1) is 13.6. The van der Waals surface area contributed by atoms with Gasteiger partial charge in [0, 0.05) is 0 Å². The molecule has 1 heterocycles. The summed E-state index contributed by atoms with van der Waals surface area (Å²) in [7, 11) is -3.16. The van der Waals surface area contributed by atoms with Crippen LogP contribution < -0.4 is 0 Å². The van der Waals surface area contributed by atoms with E-state index in [-0.39, 0.29) is 18.0 Å². The summed E-state index contributed by atoms with van der Waals surface area (Å²) in [5.74, 6) is -1.24. The van der Waals surface area contributed by atoms with Gasteiger partial charge in [-0.2, -0.15) is 0 Å². The summed E-state index contributed by atoms with van der Waals surface area (Å²) in [6.45, 7) is 3.58. The third-order valence-corrected chi connectivity index (χ3v) is 4.86. The fourth-order valence-electron chi connectivity index (χ4n) is 1.18. The molecule has 0 aliphatic heterocycles. The molecule has 1 atom stereocenters. The Morgan fingerprint density at radius 2 is 2.24 bits per heavy atom. The highest BCUT2D eigenvalue weighted by atomic mass is 32.2. The van der Waals surface area contributed by atoms with E-state index in [9.17, 15) is 13.2 Å². The van der Waals surface area contributed by atoms with Crippen LogP contribution >= 0.6 is 0 Å². The van der Waals surface area contributed by atoms with Gasteiger partial charge >= 0.3 is 5.97 Å². The number of aromatic carboxylic acids is 1. The molecule has 0 radical (unpaired) electrons. The van der Waals surface area contributed by atoms with Crippen LogP contribution in [0.4, 0.5) is 0 Å². The molecule has 1 rings (SSSR count). The fraction of sp³-hybridized carbons (Fsp3) is 0.667. The van der Waals surface area contributed by atoms with Crippen molar-refractivity contribution in [3.63, 3.8) is 0 Å². The molecule has 0 aromatic carbocycles. The summed E-state index contributed by atoms with van der Waals surface area (Å²) in [5.41, 5.74) is -0.189. The van der Waals surface area contributed by atoms with Crippen molar-refractivity contribution in [3.8, 4) is 0 Å². The minimum absolute atomic E-state index is 0.0651. The Kier molecular flexibility index (Phi) is 4.22. The van der Waals surface area contributed by atoms with Gasteiger partial charge in [-0.05, 0) is 13.3 Å². The van der Waals surface area contributed by atoms with Gasteiger partial charge in [0.1, 0.15) is 0 Å². The van der Waals surface area contributed by atoms with E-state index >= 15 is 0 Å². The first-order valence-electron chi connectivity index (χ1n) is 5.21. The van der Waals surface area contributed by atoms with Crippen LogP contribution in [0.1, 0.15) is 30.8 Å². The molecule has 8 heteroatoms. The quantitative estimate of drug-likeness (QED) is 0.784. The minimum atomic E-state index is -3.16. The number of hydrogen-bond acceptors (Lipinski definition) is 5. The van der Waals surface area contributed by atoms with Gasteiger partial charge in [0.25, 0.3) is 0 Å². The van der Waals surface area contributed by atoms with Crippen LogP contribution in [0.2, 0.25) is 0 Å². The molecule has 96 valence electrons. The SMILES string of the molecule is CCC(C)S(=O)(=O)CCn1cc(C(=O)O)nn1. The Labute approximate surface area is 99.4 Å². The Hall–Kier alpha value is -1.44. The number of carboxylic acid groups (broad SMARTS) is 1. The molecule has 0 aliphatic rings. The second-order valence-corrected chi connectivity index (χ2v) is 6.30. The van der Waals surface area contributed by atoms with Crippen LogP contribution in [0.15, 0.2) is 6.20 Å². The maximum Gasteiger partial charge on any atom is 0.358 e. The van der Waals surface area contributed by atoms with Crippen LogP contribution in [-0.2, 0) is 16.4 Å². The van der Waals surface area contributed by atoms with E-state index in [1.807, 2.05) is 0 Å². The molecule has 0 amide bonds. The lowest BCUT2D eigenvalue weighted by molar-refractivity contribution is 0.0690. The van der Waals surface area contributed by atoms with E-state index in [2.05, 4.69) is 10.3 Å². The van der Waals surface area contributed by atoms with Crippen molar-refractivity contribution >= 4 is 15.8 Å². The predicted octanol–water partition coefficient (Wildman–Crippen LogP) is 0.190. The number of rotatable bonds is 6. The number of carboxylic acids is 1. The van der Waals surface area contributed by atoms with E-state index < -0.39 is 21.1 Å². The minimum Gasteiger partial charge on any atom is -0.476 e. The smallest absolute Gasteiger partial charge is 0.358 e. The third-order valence-electron chi connectivity index (χ3n) is 2.55. The van der Waals surface area contributed by atoms with Gasteiger partial charge in [0.05, 0.1) is 23.7 Å². The lowest BCUT2D eigenvalue weighted by Gasteiger charge is -2.09. The number of nitrogens with zero attached hydrogens (tertiary/aromatic N) is 3. The molecule has 0 saturated heterocycles. The molecule has 1 unspecified atom stereocenters. The van der Waals surface area contributed by atoms with Crippen molar-refractivity contribution in [2.75, 3.05) is 5.75 Å². The van der Waals surface area contributed by atoms with E-state index in [4.69, 9.17) is 5.11 Å². The molecular weight excluding hydrogens is 246 g/mol. The highest BCUT2D eigenvalue weighted by Crippen LogP contribution is 2.06. The number of aromatic nitrogens is 3. The summed E-state index contributed by atoms with van der Waals surface area (Å²) in [6.07, 6.45) is 1.77. The maximum atomic E-state index is 11.7. The molecule has 1 aromatic heterocycles. The van der Waals surface area contributed by atoms with E-state index in [0.717, 1.165) is 0 Å². The number of carbonyl (C=O) groups is 1. The van der Waals surface area contributed by atoms with Crippen LogP contribution in [0.25, 0.3) is 0 Å². The summed E-state index contributed by atoms with van der Waals surface area (Å²) in [6, 6.07) is 0. The topological polar surface area (TPSA) is 102 Å². The number of sulfone groups is 1. The van der Waals surface area contributed by atoms with Gasteiger partial charge in [-0.1, -0.05) is 12.1 Å². The monoisotopic (exact) mass is 261 g/mol. The Bertz CT molecular complexity index is 494. The summed E-state index contributed by atoms with van der Waals surface area (Å²) >= 11 is 0. The molecule has 0 aliphatic carbocycles. The maximum absolute atomic E-state index is 11.7. The second kappa shape index (κ2) is 5.26. The lowest BCUT2D eigenvalue weighted by atomic mass is 10.4. The predicted molar refractivity (Wildman–Crippen MR) is 60.5 cm³/mol. The Balaban J connectivity index is 2.64. The van der Waals surface area contributed by atoms with Gasteiger partial charge in [-0.15, -0.1) is 5.10 Å². The first-order chi connectivity index (χ1) is 7.86. The Morgan fingerprint density at radius 1 is 1.59 bits per heavy atom. The number of hydrogen-bond donors (Lipinski definition) is 1. The zero-order valence-corrected chi connectivity index (χ0v) is 10.5. The molecule has 1 aromatic rings. The molecule has 0 bridgehead atoms. The fourth-order valence-corrected chi connectivity index (χ4v) is 2.53. The van der Waals surface area contributed by atoms with Gasteiger partial charge < -0.3 is 5.11 Å². The second-order valence-electron chi connectivity index (χ2n) is 3.76. The van der Waals surface area contributed by atoms with Crippen molar-refractivity contribution in [1.82, 2.24) is 15.0 Å². The van der Waals surface area contributed by atoms with Gasteiger partial charge in [-0.3, -0.25) is 4.68 Å². The van der Waals surface area contributed by atoms with Crippen LogP contribution in [0.5, 0.6) is 0 Å². The number of aryl methyl sites for hydroxylation is 1. The van der Waals surface area contributed by atoms with Crippen LogP contribution in [0, 0.1) is 0 Å². The van der Waals surface area contributed by atoms with Crippen LogP contribution in [-0.4, -0.2) is 45.5 Å². The van der Waals surface area contributed by atoms with Gasteiger partial charge in [0.15, 0.2) is 15.5 Å². The molecule has 7 nitrogen and oxygen atoms in total. The third kappa shape index (κ3) is 3.52. The van der Waals surface area contributed by atoms with Crippen LogP contribution in [0.3, 0.4) is 0 Å². The highest BCUT2D eigenvalue weighted by molar-refractivity contribution is 7.91. The zero-order chi connectivity index (χ0) is 13.1. The van der Waals surface area contributed by atoms with Crippen molar-refractivity contribution in [2.24, 2.45) is 0 Å². The van der Waals surface area contributed by atoms with Crippen molar-refractivity contribution < 1.29 is 18.3 Å². The molecular formula is C9H15N3O4S. The van der Waals surface area contributed by atoms with E-state index in [1.165, 1.54) is 10.9 Å². The molecule has 0 spiro atoms. The summed E-state index contributed by atoms with van der Waals surface area (Å²) < 4.78 is 24.6. The largest absolute Gasteiger partial charge is 0.476 e. The molecule has 0 saturated carbocycles. The average molecular weight is 261 g/mol. The van der Waals surface area contributed by atoms with Crippen molar-refractivity contribution in [2.45, 2.75) is 32.1 Å². The van der Waals surface area contributed by atoms with Gasteiger partial charge in [-0.25, -0.2) is 13.2 Å². The Morgan fingerprint density at radius 3 is 2.71 bits per heavy atom. The zero-order valence-electron chi connectivity index (χ0n) is 9.70. The van der Waals surface area contributed by atoms with Crippen molar-refractivity contribution in [1.29, 1.82) is 0 Å². The lowest BCUT2D eigenvalue weighted by Crippen LogP contribution is -2.23. The van der Waals surface area contributed by atoms with Crippen molar-refractivity contribution in [3.05, 3.63) is 11.9 Å². The first-order valence-corrected chi connectivity index (χ1v) is 6.93. The molecule has 17 heavy (non-hydrogen) atoms. The molecule has 1 N–H and O–H groups in total. The van der Waals surface area contributed by atoms with E-state index in [0.29, 0.717) is 6.42 Å². The summed E-state index contributed by atoms with van der Waals surface area (Å²) in [5, 5.41) is 15.2. The van der Waals surface area contributed by atoms with E-state index in [1.54, 1.807) is 13.8 Å². The highest BCUT2D eigenvalue weighted by Gasteiger charge is 2.19. The normalized spacial score (nSPS) is 13.5. The summed E-state index contributed by atoms with van der Waals surface area (Å²) in [4.78, 5) is 10.5. The molecule has 0 fully saturated rings. The van der Waals surface area contributed by atoms with Gasteiger partial charge in [0.2, 0.25) is 0 Å². The standard InChI is InChI=1S/C9H15N3O4S/c1-3-7(2)17(15,16)5-4-12-6-8(9(13)14)10-11-12/h6-7H,3-5H2,1-2H3,(H,13,14).